The Morgan fingerprint density at radius 3 is 1.92 bits per heavy atom. The van der Waals surface area contributed by atoms with Gasteiger partial charge in [-0.3, -0.25) is 0 Å². The standard InChI is InChI=1S/C7H6O3.Na.H2O/c8-6-3-1-5(2-4-6)7(9)10;;/h1-4,8H,(H,9,10);;1H2/q;+1;/p-1. The Morgan fingerprint density at radius 1 is 1.17 bits per heavy atom. The van der Waals surface area contributed by atoms with Crippen LogP contribution in [0.3, 0.4) is 0 Å². The molecule has 4 nitrogen and oxygen atoms in total. The number of carboxylic acid groups (broad SMARTS) is 1. The van der Waals surface area contributed by atoms with E-state index in [2.05, 4.69) is 0 Å². The van der Waals surface area contributed by atoms with Crippen molar-refractivity contribution in [1.29, 1.82) is 0 Å². The van der Waals surface area contributed by atoms with Crippen LogP contribution in [0.15, 0.2) is 24.3 Å². The predicted molar refractivity (Wildman–Crippen MR) is 37.0 cm³/mol. The van der Waals surface area contributed by atoms with Gasteiger partial charge >= 0.3 is 35.5 Å². The van der Waals surface area contributed by atoms with Crippen LogP contribution in [0.25, 0.3) is 0 Å². The van der Waals surface area contributed by atoms with Crippen LogP contribution in [0.4, 0.5) is 0 Å². The first kappa shape index (κ1) is 14.0. The summed E-state index contributed by atoms with van der Waals surface area (Å²) in [7, 11) is 0. The predicted octanol–water partition coefficient (Wildman–Crippen LogP) is -2.08. The minimum absolute atomic E-state index is 0. The first-order chi connectivity index (χ1) is 4.70. The minimum atomic E-state index is -0.986. The quantitative estimate of drug-likeness (QED) is 0.483. The van der Waals surface area contributed by atoms with Crippen LogP contribution < -0.4 is 29.6 Å². The van der Waals surface area contributed by atoms with Crippen molar-refractivity contribution in [3.8, 4) is 5.75 Å². The number of benzene rings is 1. The Hall–Kier alpha value is -0.550. The van der Waals surface area contributed by atoms with Crippen molar-refractivity contribution in [2.24, 2.45) is 0 Å². The van der Waals surface area contributed by atoms with E-state index in [4.69, 9.17) is 10.2 Å². The largest absolute Gasteiger partial charge is 1.00 e. The van der Waals surface area contributed by atoms with E-state index in [1.807, 2.05) is 0 Å². The van der Waals surface area contributed by atoms with Gasteiger partial charge in [0.05, 0.1) is 5.56 Å². The van der Waals surface area contributed by atoms with E-state index in [9.17, 15) is 4.79 Å². The summed E-state index contributed by atoms with van der Waals surface area (Å²) in [5.74, 6) is -0.912. The summed E-state index contributed by atoms with van der Waals surface area (Å²) in [6.45, 7) is 0. The molecule has 0 saturated heterocycles. The molecule has 0 fully saturated rings. The summed E-state index contributed by atoms with van der Waals surface area (Å²) in [5.41, 5.74) is 0.179. The number of carboxylic acids is 1. The van der Waals surface area contributed by atoms with Crippen molar-refractivity contribution in [3.63, 3.8) is 0 Å². The summed E-state index contributed by atoms with van der Waals surface area (Å²) in [4.78, 5) is 10.2. The zero-order chi connectivity index (χ0) is 7.56. The molecule has 0 bridgehead atoms. The van der Waals surface area contributed by atoms with Crippen LogP contribution in [0.1, 0.15) is 10.4 Å². The molecule has 0 saturated carbocycles. The maximum atomic E-state index is 10.2. The normalized spacial score (nSPS) is 7.67. The Morgan fingerprint density at radius 2 is 1.58 bits per heavy atom. The zero-order valence-corrected chi connectivity index (χ0v) is 8.56. The van der Waals surface area contributed by atoms with Crippen molar-refractivity contribution >= 4 is 5.97 Å². The maximum Gasteiger partial charge on any atom is 1.00 e. The van der Waals surface area contributed by atoms with E-state index in [1.165, 1.54) is 24.3 Å². The molecule has 60 valence electrons. The van der Waals surface area contributed by atoms with Crippen molar-refractivity contribution in [1.82, 2.24) is 0 Å². The molecule has 0 heterocycles. The number of aromatic carboxylic acids is 1. The van der Waals surface area contributed by atoms with Crippen molar-refractivity contribution < 1.29 is 50.0 Å². The fourth-order valence-electron chi connectivity index (χ4n) is 0.604. The van der Waals surface area contributed by atoms with Crippen LogP contribution in [-0.4, -0.2) is 21.7 Å². The number of aromatic hydroxyl groups is 1. The average Bonchev–Trinajstić information content (AvgIpc) is 1.88. The third-order valence-corrected chi connectivity index (χ3v) is 1.11. The molecule has 0 atom stereocenters. The Kier molecular flexibility index (Phi) is 7.02. The molecular formula is C7H7NaO4. The van der Waals surface area contributed by atoms with Gasteiger partial charge < -0.3 is 15.7 Å². The van der Waals surface area contributed by atoms with Gasteiger partial charge in [-0.25, -0.2) is 4.79 Å². The molecule has 0 aliphatic carbocycles. The third-order valence-electron chi connectivity index (χ3n) is 1.11. The molecule has 12 heavy (non-hydrogen) atoms. The maximum absolute atomic E-state index is 10.2. The van der Waals surface area contributed by atoms with Gasteiger partial charge in [-0.15, -0.1) is 0 Å². The molecule has 0 unspecified atom stereocenters. The second-order valence-electron chi connectivity index (χ2n) is 1.85. The second-order valence-corrected chi connectivity index (χ2v) is 1.85. The molecule has 0 aromatic heterocycles. The van der Waals surface area contributed by atoms with Crippen LogP contribution in [0, 0.1) is 0 Å². The molecule has 0 spiro atoms. The number of hydrogen-bond donors (Lipinski definition) is 2. The van der Waals surface area contributed by atoms with Gasteiger partial charge in [-0.1, -0.05) is 0 Å². The molecule has 1 aromatic rings. The Bertz CT molecular complexity index is 244. The summed E-state index contributed by atoms with van der Waals surface area (Å²) in [6.07, 6.45) is 0. The molecule has 0 aliphatic rings. The molecule has 5 heteroatoms. The molecule has 1 aromatic carbocycles. The van der Waals surface area contributed by atoms with E-state index in [0.717, 1.165) is 0 Å². The van der Waals surface area contributed by atoms with Crippen LogP contribution in [-0.2, 0) is 0 Å². The van der Waals surface area contributed by atoms with Crippen molar-refractivity contribution in [3.05, 3.63) is 29.8 Å². The Balaban J connectivity index is 0. The number of rotatable bonds is 1. The summed E-state index contributed by atoms with van der Waals surface area (Å²) in [6, 6.07) is 5.36. The van der Waals surface area contributed by atoms with Crippen molar-refractivity contribution in [2.45, 2.75) is 0 Å². The molecule has 3 N–H and O–H groups in total. The van der Waals surface area contributed by atoms with E-state index < -0.39 is 5.97 Å². The monoisotopic (exact) mass is 178 g/mol. The van der Waals surface area contributed by atoms with Gasteiger partial charge in [0.15, 0.2) is 0 Å². The SMILES string of the molecule is O=C(O)c1ccc(O)cc1.[Na+].[OH-]. The number of carbonyl (C=O) groups is 1. The second kappa shape index (κ2) is 6.02. The van der Waals surface area contributed by atoms with Crippen LogP contribution in [0.2, 0.25) is 0 Å². The number of hydrogen-bond acceptors (Lipinski definition) is 3. The first-order valence-corrected chi connectivity index (χ1v) is 2.72. The van der Waals surface area contributed by atoms with E-state index in [1.54, 1.807) is 0 Å². The average molecular weight is 178 g/mol. The van der Waals surface area contributed by atoms with Crippen LogP contribution >= 0.6 is 0 Å². The van der Waals surface area contributed by atoms with E-state index in [0.29, 0.717) is 0 Å². The number of phenolic OH excluding ortho intramolecular Hbond substituents is 1. The molecular weight excluding hydrogens is 171 g/mol. The summed E-state index contributed by atoms with van der Waals surface area (Å²) >= 11 is 0. The molecule has 0 radical (unpaired) electrons. The summed E-state index contributed by atoms with van der Waals surface area (Å²) in [5, 5.41) is 17.1. The number of phenols is 1. The minimum Gasteiger partial charge on any atom is -0.870 e. The van der Waals surface area contributed by atoms with E-state index >= 15 is 0 Å². The third kappa shape index (κ3) is 3.73. The van der Waals surface area contributed by atoms with Gasteiger partial charge in [-0.05, 0) is 24.3 Å². The van der Waals surface area contributed by atoms with Gasteiger partial charge in [-0.2, -0.15) is 0 Å². The van der Waals surface area contributed by atoms with Gasteiger partial charge in [0.1, 0.15) is 5.75 Å². The molecule has 0 amide bonds. The van der Waals surface area contributed by atoms with Gasteiger partial charge in [0.2, 0.25) is 0 Å². The smallest absolute Gasteiger partial charge is 0.870 e. The fraction of sp³-hybridized carbons (Fsp3) is 0. The topological polar surface area (TPSA) is 87.5 Å². The van der Waals surface area contributed by atoms with Gasteiger partial charge in [0, 0.05) is 0 Å². The van der Waals surface area contributed by atoms with E-state index in [-0.39, 0.29) is 46.3 Å². The van der Waals surface area contributed by atoms with Crippen molar-refractivity contribution in [2.75, 3.05) is 0 Å². The van der Waals surface area contributed by atoms with Gasteiger partial charge in [0.25, 0.3) is 0 Å². The van der Waals surface area contributed by atoms with Crippen LogP contribution in [0.5, 0.6) is 5.75 Å². The summed E-state index contributed by atoms with van der Waals surface area (Å²) < 4.78 is 0. The fourth-order valence-corrected chi connectivity index (χ4v) is 0.604. The zero-order valence-electron chi connectivity index (χ0n) is 6.56. The first-order valence-electron chi connectivity index (χ1n) is 2.72. The Labute approximate surface area is 91.4 Å². The molecule has 0 aliphatic heterocycles. The molecule has 1 rings (SSSR count).